The summed E-state index contributed by atoms with van der Waals surface area (Å²) < 4.78 is 2.56. The highest BCUT2D eigenvalue weighted by Gasteiger charge is 2.22. The second-order valence-electron chi connectivity index (χ2n) is 8.76. The molecule has 1 aromatic heterocycles. The van der Waals surface area contributed by atoms with Gasteiger partial charge in [-0.05, 0) is 74.9 Å². The maximum atomic E-state index is 12.6. The molecule has 1 aliphatic carbocycles. The number of benzene rings is 1. The molecule has 1 saturated carbocycles. The monoisotopic (exact) mass is 493 g/mol. The molecule has 7 heteroatoms. The van der Waals surface area contributed by atoms with Crippen molar-refractivity contribution in [2.45, 2.75) is 64.0 Å². The third kappa shape index (κ3) is 5.27. The summed E-state index contributed by atoms with van der Waals surface area (Å²) in [6.45, 7) is 2.57. The van der Waals surface area contributed by atoms with E-state index in [0.717, 1.165) is 73.2 Å². The number of rotatable bonds is 5. The molecule has 1 aliphatic heterocycles. The molecule has 2 fully saturated rings. The van der Waals surface area contributed by atoms with Crippen molar-refractivity contribution in [3.8, 4) is 0 Å². The molecule has 2 aromatic rings. The second kappa shape index (κ2) is 9.84. The average molecular weight is 495 g/mol. The minimum atomic E-state index is -0.245. The standard InChI is InChI=1S/C23H29BrClN3O2/c24-21-7-6-18(25)13-17(21)12-16-8-10-27(11-9-16)15-19-14-22(29)28(23(30)26-19)20-4-2-1-3-5-20/h6-7,13-14,16,20H,1-5,8-12,15H2,(H,26,30). The molecule has 2 aliphatic rings. The SMILES string of the molecule is O=c1cc(CN2CCC(Cc3cc(Cl)ccc3Br)CC2)[nH]c(=O)n1C1CCCCC1. The molecule has 1 saturated heterocycles. The fraction of sp³-hybridized carbons (Fsp3) is 0.565. The zero-order valence-electron chi connectivity index (χ0n) is 17.2. The zero-order valence-corrected chi connectivity index (χ0v) is 19.6. The van der Waals surface area contributed by atoms with Crippen molar-refractivity contribution in [1.29, 1.82) is 0 Å². The number of hydrogen-bond acceptors (Lipinski definition) is 3. The first-order valence-electron chi connectivity index (χ1n) is 11.0. The Bertz CT molecular complexity index is 957. The average Bonchev–Trinajstić information content (AvgIpc) is 2.72. The van der Waals surface area contributed by atoms with Crippen LogP contribution in [-0.2, 0) is 13.0 Å². The number of nitrogens with one attached hydrogen (secondary N) is 1. The van der Waals surface area contributed by atoms with Gasteiger partial charge in [-0.2, -0.15) is 0 Å². The molecular formula is C23H29BrClN3O2. The van der Waals surface area contributed by atoms with Crippen LogP contribution in [0.2, 0.25) is 5.02 Å². The molecule has 1 N–H and O–H groups in total. The molecule has 0 unspecified atom stereocenters. The quantitative estimate of drug-likeness (QED) is 0.642. The number of aromatic nitrogens is 2. The molecule has 0 atom stereocenters. The van der Waals surface area contributed by atoms with E-state index in [9.17, 15) is 9.59 Å². The maximum absolute atomic E-state index is 12.6. The van der Waals surface area contributed by atoms with Gasteiger partial charge in [0.15, 0.2) is 0 Å². The predicted octanol–water partition coefficient (Wildman–Crippen LogP) is 4.91. The second-order valence-corrected chi connectivity index (χ2v) is 10.0. The predicted molar refractivity (Wildman–Crippen MR) is 124 cm³/mol. The van der Waals surface area contributed by atoms with E-state index in [1.165, 1.54) is 16.6 Å². The van der Waals surface area contributed by atoms with Gasteiger partial charge in [-0.3, -0.25) is 14.3 Å². The first kappa shape index (κ1) is 21.8. The van der Waals surface area contributed by atoms with Gasteiger partial charge in [-0.25, -0.2) is 4.79 Å². The number of likely N-dealkylation sites (tertiary alicyclic amines) is 1. The minimum Gasteiger partial charge on any atom is -0.310 e. The van der Waals surface area contributed by atoms with Crippen LogP contribution in [0.5, 0.6) is 0 Å². The normalized spacial score (nSPS) is 19.3. The number of halogens is 2. The summed E-state index contributed by atoms with van der Waals surface area (Å²) in [6, 6.07) is 7.65. The van der Waals surface area contributed by atoms with Crippen LogP contribution in [0.4, 0.5) is 0 Å². The van der Waals surface area contributed by atoms with Crippen molar-refractivity contribution < 1.29 is 0 Å². The molecule has 2 heterocycles. The summed E-state index contributed by atoms with van der Waals surface area (Å²) in [7, 11) is 0. The Balaban J connectivity index is 1.35. The highest BCUT2D eigenvalue weighted by atomic mass is 79.9. The number of aromatic amines is 1. The molecule has 162 valence electrons. The topological polar surface area (TPSA) is 58.1 Å². The lowest BCUT2D eigenvalue weighted by Crippen LogP contribution is -2.40. The van der Waals surface area contributed by atoms with Gasteiger partial charge in [-0.1, -0.05) is 46.8 Å². The third-order valence-electron chi connectivity index (χ3n) is 6.58. The van der Waals surface area contributed by atoms with Crippen LogP contribution in [0, 0.1) is 5.92 Å². The van der Waals surface area contributed by atoms with Gasteiger partial charge in [0, 0.05) is 33.8 Å². The van der Waals surface area contributed by atoms with Crippen LogP contribution in [0.1, 0.15) is 62.2 Å². The van der Waals surface area contributed by atoms with Crippen LogP contribution in [0.15, 0.2) is 38.3 Å². The van der Waals surface area contributed by atoms with Crippen molar-refractivity contribution in [2.24, 2.45) is 5.92 Å². The maximum Gasteiger partial charge on any atom is 0.328 e. The smallest absolute Gasteiger partial charge is 0.310 e. The molecule has 0 spiro atoms. The van der Waals surface area contributed by atoms with E-state index in [2.05, 4.69) is 25.8 Å². The van der Waals surface area contributed by atoms with Crippen LogP contribution in [0.3, 0.4) is 0 Å². The van der Waals surface area contributed by atoms with Crippen LogP contribution in [0.25, 0.3) is 0 Å². The van der Waals surface area contributed by atoms with Crippen molar-refractivity contribution in [1.82, 2.24) is 14.5 Å². The van der Waals surface area contributed by atoms with Crippen LogP contribution < -0.4 is 11.2 Å². The number of piperidine rings is 1. The highest BCUT2D eigenvalue weighted by Crippen LogP contribution is 2.28. The molecule has 1 aromatic carbocycles. The lowest BCUT2D eigenvalue weighted by atomic mass is 9.90. The Labute approximate surface area is 190 Å². The van der Waals surface area contributed by atoms with Crippen molar-refractivity contribution in [2.75, 3.05) is 13.1 Å². The fourth-order valence-corrected chi connectivity index (χ4v) is 5.53. The largest absolute Gasteiger partial charge is 0.328 e. The van der Waals surface area contributed by atoms with Crippen molar-refractivity contribution >= 4 is 27.5 Å². The van der Waals surface area contributed by atoms with E-state index in [1.54, 1.807) is 6.07 Å². The molecule has 0 radical (unpaired) electrons. The van der Waals surface area contributed by atoms with Gasteiger partial charge in [0.25, 0.3) is 5.56 Å². The van der Waals surface area contributed by atoms with Gasteiger partial charge in [0.2, 0.25) is 0 Å². The van der Waals surface area contributed by atoms with E-state index in [4.69, 9.17) is 11.6 Å². The van der Waals surface area contributed by atoms with Gasteiger partial charge < -0.3 is 4.98 Å². The summed E-state index contributed by atoms with van der Waals surface area (Å²) in [6.07, 6.45) is 8.47. The first-order valence-corrected chi connectivity index (χ1v) is 12.2. The summed E-state index contributed by atoms with van der Waals surface area (Å²) in [4.78, 5) is 30.5. The molecule has 0 bridgehead atoms. The Morgan fingerprint density at radius 1 is 1.03 bits per heavy atom. The molecule has 5 nitrogen and oxygen atoms in total. The number of H-pyrrole nitrogens is 1. The molecule has 4 rings (SSSR count). The lowest BCUT2D eigenvalue weighted by molar-refractivity contribution is 0.174. The van der Waals surface area contributed by atoms with Gasteiger partial charge in [-0.15, -0.1) is 0 Å². The van der Waals surface area contributed by atoms with Gasteiger partial charge >= 0.3 is 5.69 Å². The molecule has 0 amide bonds. The van der Waals surface area contributed by atoms with E-state index in [1.807, 2.05) is 18.2 Å². The summed E-state index contributed by atoms with van der Waals surface area (Å²) >= 11 is 9.78. The van der Waals surface area contributed by atoms with Crippen LogP contribution >= 0.6 is 27.5 Å². The summed E-state index contributed by atoms with van der Waals surface area (Å²) in [5, 5.41) is 0.776. The summed E-state index contributed by atoms with van der Waals surface area (Å²) in [5.41, 5.74) is 1.59. The Morgan fingerprint density at radius 2 is 1.77 bits per heavy atom. The van der Waals surface area contributed by atoms with E-state index >= 15 is 0 Å². The first-order chi connectivity index (χ1) is 14.5. The van der Waals surface area contributed by atoms with Crippen molar-refractivity contribution in [3.63, 3.8) is 0 Å². The Kier molecular flexibility index (Phi) is 7.16. The third-order valence-corrected chi connectivity index (χ3v) is 7.59. The number of hydrogen-bond donors (Lipinski definition) is 1. The summed E-state index contributed by atoms with van der Waals surface area (Å²) in [5.74, 6) is 0.620. The van der Waals surface area contributed by atoms with E-state index in [-0.39, 0.29) is 17.3 Å². The zero-order chi connectivity index (χ0) is 21.1. The minimum absolute atomic E-state index is 0.0607. The number of nitrogens with zero attached hydrogens (tertiary/aromatic N) is 2. The van der Waals surface area contributed by atoms with Crippen LogP contribution in [-0.4, -0.2) is 27.5 Å². The van der Waals surface area contributed by atoms with E-state index in [0.29, 0.717) is 12.5 Å². The van der Waals surface area contributed by atoms with Gasteiger partial charge in [0.05, 0.1) is 0 Å². The lowest BCUT2D eigenvalue weighted by Gasteiger charge is -2.32. The van der Waals surface area contributed by atoms with Gasteiger partial charge in [0.1, 0.15) is 0 Å². The Morgan fingerprint density at radius 3 is 2.47 bits per heavy atom. The molecular weight excluding hydrogens is 466 g/mol. The van der Waals surface area contributed by atoms with E-state index < -0.39 is 0 Å². The fourth-order valence-electron chi connectivity index (χ4n) is 4.92. The van der Waals surface area contributed by atoms with Crippen molar-refractivity contribution in [3.05, 3.63) is 65.9 Å². The highest BCUT2D eigenvalue weighted by molar-refractivity contribution is 9.10. The Hall–Kier alpha value is -1.37. The molecule has 30 heavy (non-hydrogen) atoms.